The van der Waals surface area contributed by atoms with Gasteiger partial charge in [0.05, 0.1) is 6.61 Å². The lowest BCUT2D eigenvalue weighted by molar-refractivity contribution is 0.0517. The molecule has 0 aliphatic rings. The Labute approximate surface area is 127 Å². The molecule has 0 aliphatic heterocycles. The van der Waals surface area contributed by atoms with Crippen molar-refractivity contribution in [3.8, 4) is 10.6 Å². The smallest absolute Gasteiger partial charge is 0.358 e. The number of esters is 1. The summed E-state index contributed by atoms with van der Waals surface area (Å²) < 4.78 is 4.97. The van der Waals surface area contributed by atoms with Crippen molar-refractivity contribution >= 4 is 23.1 Å². The summed E-state index contributed by atoms with van der Waals surface area (Å²) in [5, 5.41) is 0.641. The highest BCUT2D eigenvalue weighted by molar-refractivity contribution is 7.17. The van der Waals surface area contributed by atoms with Gasteiger partial charge in [0.15, 0.2) is 11.5 Å². The number of nitrogens with zero attached hydrogens (tertiary/aromatic N) is 2. The fraction of sp³-hybridized carbons (Fsp3) is 0.333. The van der Waals surface area contributed by atoms with Gasteiger partial charge in [0, 0.05) is 24.9 Å². The number of hydrogen-bond donors (Lipinski definition) is 0. The van der Waals surface area contributed by atoms with Crippen LogP contribution in [0.1, 0.15) is 46.5 Å². The number of carbonyl (C=O) groups excluding carboxylic acids is 2. The number of ether oxygens (including phenoxy) is 1. The predicted molar refractivity (Wildman–Crippen MR) is 80.7 cm³/mol. The van der Waals surface area contributed by atoms with Crippen LogP contribution in [0.2, 0.25) is 0 Å². The molecule has 2 rings (SSSR count). The largest absolute Gasteiger partial charge is 0.461 e. The zero-order chi connectivity index (χ0) is 15.4. The van der Waals surface area contributed by atoms with E-state index in [4.69, 9.17) is 4.74 Å². The van der Waals surface area contributed by atoms with Gasteiger partial charge in [0.1, 0.15) is 9.88 Å². The number of Topliss-reactive ketones (excluding diaryl/α,β-unsaturated/α-hetero) is 1. The molecule has 2 aromatic rings. The van der Waals surface area contributed by atoms with E-state index in [9.17, 15) is 9.59 Å². The molecule has 5 nitrogen and oxygen atoms in total. The summed E-state index contributed by atoms with van der Waals surface area (Å²) in [6, 6.07) is 1.84. The van der Waals surface area contributed by atoms with Gasteiger partial charge in [-0.15, -0.1) is 11.3 Å². The van der Waals surface area contributed by atoms with Gasteiger partial charge in [0.2, 0.25) is 0 Å². The van der Waals surface area contributed by atoms with Crippen LogP contribution in [0.25, 0.3) is 10.6 Å². The average molecular weight is 304 g/mol. The van der Waals surface area contributed by atoms with Gasteiger partial charge in [-0.05, 0) is 25.0 Å². The molecule has 0 unspecified atom stereocenters. The minimum Gasteiger partial charge on any atom is -0.461 e. The molecule has 6 heteroatoms. The van der Waals surface area contributed by atoms with Gasteiger partial charge in [-0.2, -0.15) is 0 Å². The third-order valence-corrected chi connectivity index (χ3v) is 4.12. The number of ketones is 1. The third-order valence-electron chi connectivity index (χ3n) is 2.93. The van der Waals surface area contributed by atoms with Gasteiger partial charge in [-0.1, -0.05) is 6.92 Å². The lowest BCUT2D eigenvalue weighted by Gasteiger charge is -2.02. The Balaban J connectivity index is 2.54. The summed E-state index contributed by atoms with van der Waals surface area (Å²) in [5.74, 6) is -0.744. The molecule has 0 N–H and O–H groups in total. The van der Waals surface area contributed by atoms with E-state index in [1.807, 2.05) is 13.0 Å². The van der Waals surface area contributed by atoms with E-state index >= 15 is 0 Å². The van der Waals surface area contributed by atoms with Crippen LogP contribution in [0.3, 0.4) is 0 Å². The zero-order valence-corrected chi connectivity index (χ0v) is 13.0. The normalized spacial score (nSPS) is 10.4. The van der Waals surface area contributed by atoms with Crippen molar-refractivity contribution in [2.45, 2.75) is 27.2 Å². The highest BCUT2D eigenvalue weighted by Gasteiger charge is 2.23. The van der Waals surface area contributed by atoms with Crippen LogP contribution in [0, 0.1) is 0 Å². The molecule has 0 saturated carbocycles. The highest BCUT2D eigenvalue weighted by atomic mass is 32.1. The SMILES string of the molecule is CCOC(=O)c1nc(-c2ccncc2CC)sc1C(C)=O. The molecule has 0 fully saturated rings. The summed E-state index contributed by atoms with van der Waals surface area (Å²) in [5.41, 5.74) is 2.02. The van der Waals surface area contributed by atoms with Crippen molar-refractivity contribution in [3.05, 3.63) is 34.6 Å². The first kappa shape index (κ1) is 15.3. The van der Waals surface area contributed by atoms with Crippen LogP contribution in [0.15, 0.2) is 18.5 Å². The van der Waals surface area contributed by atoms with Crippen molar-refractivity contribution in [3.63, 3.8) is 0 Å². The molecule has 21 heavy (non-hydrogen) atoms. The second-order valence-electron chi connectivity index (χ2n) is 4.36. The van der Waals surface area contributed by atoms with E-state index in [1.54, 1.807) is 19.3 Å². The number of pyridine rings is 1. The molecule has 0 bridgehead atoms. The summed E-state index contributed by atoms with van der Waals surface area (Å²) in [4.78, 5) is 32.4. The second-order valence-corrected chi connectivity index (χ2v) is 5.36. The molecule has 0 spiro atoms. The Kier molecular flexibility index (Phi) is 4.80. The van der Waals surface area contributed by atoms with E-state index < -0.39 is 5.97 Å². The topological polar surface area (TPSA) is 69.2 Å². The monoisotopic (exact) mass is 304 g/mol. The number of carbonyl (C=O) groups is 2. The Morgan fingerprint density at radius 3 is 2.71 bits per heavy atom. The molecule has 2 heterocycles. The lowest BCUT2D eigenvalue weighted by Crippen LogP contribution is -2.09. The zero-order valence-electron chi connectivity index (χ0n) is 12.2. The van der Waals surface area contributed by atoms with Crippen molar-refractivity contribution < 1.29 is 14.3 Å². The standard InChI is InChI=1S/C15H16N2O3S/c1-4-10-8-16-7-6-11(10)14-17-12(15(19)20-5-2)13(21-14)9(3)18/h6-8H,4-5H2,1-3H3. The Bertz CT molecular complexity index is 679. The number of hydrogen-bond acceptors (Lipinski definition) is 6. The Morgan fingerprint density at radius 2 is 2.10 bits per heavy atom. The second kappa shape index (κ2) is 6.58. The van der Waals surface area contributed by atoms with Crippen LogP contribution in [0.4, 0.5) is 0 Å². The predicted octanol–water partition coefficient (Wildman–Crippen LogP) is 3.15. The molecule has 0 atom stereocenters. The van der Waals surface area contributed by atoms with Gasteiger partial charge in [-0.25, -0.2) is 9.78 Å². The van der Waals surface area contributed by atoms with E-state index in [0.717, 1.165) is 17.5 Å². The van der Waals surface area contributed by atoms with Crippen LogP contribution in [0.5, 0.6) is 0 Å². The van der Waals surface area contributed by atoms with Crippen LogP contribution < -0.4 is 0 Å². The van der Waals surface area contributed by atoms with Crippen LogP contribution in [-0.2, 0) is 11.2 Å². The lowest BCUT2D eigenvalue weighted by atomic mass is 10.1. The summed E-state index contributed by atoms with van der Waals surface area (Å²) in [6.07, 6.45) is 4.24. The molecule has 2 aromatic heterocycles. The summed E-state index contributed by atoms with van der Waals surface area (Å²) in [7, 11) is 0. The number of aryl methyl sites for hydroxylation is 1. The number of aromatic nitrogens is 2. The first-order chi connectivity index (χ1) is 10.1. The van der Waals surface area contributed by atoms with E-state index in [2.05, 4.69) is 9.97 Å². The molecule has 0 aromatic carbocycles. The van der Waals surface area contributed by atoms with Crippen LogP contribution in [-0.4, -0.2) is 28.3 Å². The minimum absolute atomic E-state index is 0.100. The molecular weight excluding hydrogens is 288 g/mol. The molecule has 0 radical (unpaired) electrons. The van der Waals surface area contributed by atoms with E-state index in [0.29, 0.717) is 9.88 Å². The van der Waals surface area contributed by atoms with Gasteiger partial charge < -0.3 is 4.74 Å². The average Bonchev–Trinajstić information content (AvgIpc) is 2.92. The maximum Gasteiger partial charge on any atom is 0.358 e. The van der Waals surface area contributed by atoms with Crippen molar-refractivity contribution in [1.82, 2.24) is 9.97 Å². The summed E-state index contributed by atoms with van der Waals surface area (Å²) >= 11 is 1.22. The number of rotatable bonds is 5. The fourth-order valence-corrected chi connectivity index (χ4v) is 2.94. The Hall–Kier alpha value is -2.08. The van der Waals surface area contributed by atoms with E-state index in [-0.39, 0.29) is 18.1 Å². The van der Waals surface area contributed by atoms with Gasteiger partial charge in [-0.3, -0.25) is 9.78 Å². The summed E-state index contributed by atoms with van der Waals surface area (Å²) in [6.45, 7) is 5.41. The minimum atomic E-state index is -0.558. The van der Waals surface area contributed by atoms with Crippen molar-refractivity contribution in [2.75, 3.05) is 6.61 Å². The highest BCUT2D eigenvalue weighted by Crippen LogP contribution is 2.31. The molecule has 110 valence electrons. The molecule has 0 aliphatic carbocycles. The van der Waals surface area contributed by atoms with Crippen molar-refractivity contribution in [2.24, 2.45) is 0 Å². The molecule has 0 amide bonds. The van der Waals surface area contributed by atoms with Gasteiger partial charge in [0.25, 0.3) is 0 Å². The fourth-order valence-electron chi connectivity index (χ4n) is 1.93. The maximum absolute atomic E-state index is 11.9. The quantitative estimate of drug-likeness (QED) is 0.627. The van der Waals surface area contributed by atoms with Gasteiger partial charge >= 0.3 is 5.97 Å². The first-order valence-electron chi connectivity index (χ1n) is 6.70. The van der Waals surface area contributed by atoms with Crippen molar-refractivity contribution in [1.29, 1.82) is 0 Å². The maximum atomic E-state index is 11.9. The molecular formula is C15H16N2O3S. The third kappa shape index (κ3) is 3.16. The van der Waals surface area contributed by atoms with E-state index in [1.165, 1.54) is 18.3 Å². The number of thiazole rings is 1. The van der Waals surface area contributed by atoms with Crippen LogP contribution >= 0.6 is 11.3 Å². The molecule has 0 saturated heterocycles. The Morgan fingerprint density at radius 1 is 1.33 bits per heavy atom. The first-order valence-corrected chi connectivity index (χ1v) is 7.52.